The Hall–Kier alpha value is -3.09. The number of ether oxygens (including phenoxy) is 1. The minimum Gasteiger partial charge on any atom is -0.406 e. The van der Waals surface area contributed by atoms with E-state index in [1.54, 1.807) is 12.3 Å². The highest BCUT2D eigenvalue weighted by molar-refractivity contribution is 7.99. The topological polar surface area (TPSA) is 99.8 Å². The first-order valence-electron chi connectivity index (χ1n) is 9.50. The molecule has 1 aromatic carbocycles. The summed E-state index contributed by atoms with van der Waals surface area (Å²) in [5.41, 5.74) is 0.432. The normalized spacial score (nSPS) is 14.7. The number of carbonyl (C=O) groups is 1. The molecule has 1 aliphatic carbocycles. The number of benzene rings is 1. The third-order valence-corrected chi connectivity index (χ3v) is 5.62. The van der Waals surface area contributed by atoms with E-state index in [2.05, 4.69) is 30.7 Å². The van der Waals surface area contributed by atoms with Gasteiger partial charge in [-0.15, -0.1) is 18.3 Å². The van der Waals surface area contributed by atoms with Gasteiger partial charge in [0.05, 0.1) is 23.7 Å². The molecule has 31 heavy (non-hydrogen) atoms. The molecule has 13 heteroatoms. The molecule has 1 saturated carbocycles. The molecular weight excluding hydrogens is 435 g/mol. The Labute approximate surface area is 178 Å². The minimum absolute atomic E-state index is 0.0471. The summed E-state index contributed by atoms with van der Waals surface area (Å²) >= 11 is 1.10. The van der Waals surface area contributed by atoms with Crippen LogP contribution in [0, 0.1) is 0 Å². The molecule has 1 aliphatic rings. The molecule has 164 valence electrons. The number of carbonyl (C=O) groups excluding carboxylic acids is 1. The number of nitrogens with zero attached hydrogens (tertiary/aromatic N) is 6. The number of rotatable bonds is 7. The number of halogens is 3. The SMILES string of the molecule is O=C(CSc1nnnn1-c1ccc(OC(F)(F)F)cc1)Nc1ccnn1C1CCCC1. The molecule has 2 aromatic heterocycles. The third kappa shape index (κ3) is 5.34. The van der Waals surface area contributed by atoms with Crippen molar-refractivity contribution in [3.8, 4) is 11.4 Å². The van der Waals surface area contributed by atoms with Crippen molar-refractivity contribution in [1.29, 1.82) is 0 Å². The second kappa shape index (κ2) is 8.96. The van der Waals surface area contributed by atoms with Crippen LogP contribution in [0.25, 0.3) is 5.69 Å². The van der Waals surface area contributed by atoms with Crippen LogP contribution in [0.3, 0.4) is 0 Å². The first-order chi connectivity index (χ1) is 14.9. The number of anilines is 1. The highest BCUT2D eigenvalue weighted by Crippen LogP contribution is 2.31. The van der Waals surface area contributed by atoms with E-state index in [0.29, 0.717) is 22.7 Å². The standard InChI is InChI=1S/C18H18F3N7O2S/c19-18(20,21)30-14-7-5-13(6-8-14)28-17(24-25-26-28)31-11-16(29)23-15-9-10-22-27(15)12-3-1-2-4-12/h5-10,12H,1-4,11H2,(H,23,29). The van der Waals surface area contributed by atoms with Gasteiger partial charge in [-0.3, -0.25) is 4.79 Å². The van der Waals surface area contributed by atoms with E-state index in [1.165, 1.54) is 16.8 Å². The summed E-state index contributed by atoms with van der Waals surface area (Å²) in [5.74, 6) is 0.105. The van der Waals surface area contributed by atoms with Crippen molar-refractivity contribution in [2.45, 2.75) is 43.2 Å². The van der Waals surface area contributed by atoms with E-state index >= 15 is 0 Å². The molecule has 1 fully saturated rings. The number of amides is 1. The summed E-state index contributed by atoms with van der Waals surface area (Å²) in [4.78, 5) is 12.4. The Bertz CT molecular complexity index is 1030. The second-order valence-electron chi connectivity index (χ2n) is 6.85. The fourth-order valence-electron chi connectivity index (χ4n) is 3.38. The zero-order chi connectivity index (χ0) is 21.8. The zero-order valence-corrected chi connectivity index (χ0v) is 16.9. The molecule has 1 amide bonds. The van der Waals surface area contributed by atoms with Crippen LogP contribution in [0.4, 0.5) is 19.0 Å². The van der Waals surface area contributed by atoms with Gasteiger partial charge in [0.25, 0.3) is 0 Å². The zero-order valence-electron chi connectivity index (χ0n) is 16.1. The Morgan fingerprint density at radius 1 is 1.19 bits per heavy atom. The third-order valence-electron chi connectivity index (χ3n) is 4.70. The molecule has 3 aromatic rings. The van der Waals surface area contributed by atoms with Gasteiger partial charge in [0.1, 0.15) is 11.6 Å². The van der Waals surface area contributed by atoms with Crippen LogP contribution in [0.2, 0.25) is 0 Å². The molecule has 0 atom stereocenters. The average molecular weight is 453 g/mol. The number of hydrogen-bond acceptors (Lipinski definition) is 7. The molecule has 9 nitrogen and oxygen atoms in total. The number of nitrogens with one attached hydrogen (secondary N) is 1. The molecule has 0 saturated heterocycles. The Morgan fingerprint density at radius 2 is 1.94 bits per heavy atom. The van der Waals surface area contributed by atoms with Crippen LogP contribution in [0.1, 0.15) is 31.7 Å². The van der Waals surface area contributed by atoms with E-state index in [1.807, 2.05) is 4.68 Å². The van der Waals surface area contributed by atoms with Crippen LogP contribution in [-0.2, 0) is 4.79 Å². The van der Waals surface area contributed by atoms with Gasteiger partial charge in [-0.2, -0.15) is 9.78 Å². The van der Waals surface area contributed by atoms with Gasteiger partial charge in [-0.1, -0.05) is 24.6 Å². The Morgan fingerprint density at radius 3 is 2.65 bits per heavy atom. The molecular formula is C18H18F3N7O2S. The maximum absolute atomic E-state index is 12.4. The smallest absolute Gasteiger partial charge is 0.406 e. The lowest BCUT2D eigenvalue weighted by molar-refractivity contribution is -0.274. The van der Waals surface area contributed by atoms with Gasteiger partial charge in [-0.05, 0) is 47.5 Å². The largest absolute Gasteiger partial charge is 0.573 e. The Kier molecular flexibility index (Phi) is 6.11. The van der Waals surface area contributed by atoms with Crippen LogP contribution >= 0.6 is 11.8 Å². The van der Waals surface area contributed by atoms with Gasteiger partial charge in [0.2, 0.25) is 11.1 Å². The summed E-state index contributed by atoms with van der Waals surface area (Å²) in [5, 5.41) is 18.8. The van der Waals surface area contributed by atoms with E-state index in [9.17, 15) is 18.0 Å². The maximum atomic E-state index is 12.4. The van der Waals surface area contributed by atoms with Gasteiger partial charge in [0, 0.05) is 6.07 Å². The first kappa shape index (κ1) is 21.2. The number of hydrogen-bond donors (Lipinski definition) is 1. The van der Waals surface area contributed by atoms with Crippen LogP contribution in [-0.4, -0.2) is 48.0 Å². The number of tetrazole rings is 1. The second-order valence-corrected chi connectivity index (χ2v) is 7.79. The lowest BCUT2D eigenvalue weighted by Crippen LogP contribution is -2.19. The fraction of sp³-hybridized carbons (Fsp3) is 0.389. The predicted octanol–water partition coefficient (Wildman–Crippen LogP) is 3.60. The van der Waals surface area contributed by atoms with Crippen LogP contribution in [0.5, 0.6) is 5.75 Å². The monoisotopic (exact) mass is 453 g/mol. The van der Waals surface area contributed by atoms with Crippen molar-refractivity contribution >= 4 is 23.5 Å². The molecule has 0 radical (unpaired) electrons. The van der Waals surface area contributed by atoms with Crippen molar-refractivity contribution in [3.05, 3.63) is 36.5 Å². The van der Waals surface area contributed by atoms with Gasteiger partial charge in [-0.25, -0.2) is 4.68 Å². The molecule has 1 N–H and O–H groups in total. The van der Waals surface area contributed by atoms with Crippen molar-refractivity contribution < 1.29 is 22.7 Å². The average Bonchev–Trinajstić information content (AvgIpc) is 3.47. The number of alkyl halides is 3. The summed E-state index contributed by atoms with van der Waals surface area (Å²) in [7, 11) is 0. The quantitative estimate of drug-likeness (QED) is 0.546. The lowest BCUT2D eigenvalue weighted by atomic mass is 10.2. The van der Waals surface area contributed by atoms with E-state index < -0.39 is 6.36 Å². The molecule has 0 unspecified atom stereocenters. The van der Waals surface area contributed by atoms with E-state index in [4.69, 9.17) is 0 Å². The summed E-state index contributed by atoms with van der Waals surface area (Å²) in [6, 6.07) is 7.17. The van der Waals surface area contributed by atoms with Gasteiger partial charge >= 0.3 is 6.36 Å². The van der Waals surface area contributed by atoms with E-state index in [-0.39, 0.29) is 17.4 Å². The van der Waals surface area contributed by atoms with E-state index in [0.717, 1.165) is 49.6 Å². The van der Waals surface area contributed by atoms with Crippen molar-refractivity contribution in [3.63, 3.8) is 0 Å². The molecule has 0 aliphatic heterocycles. The van der Waals surface area contributed by atoms with Crippen molar-refractivity contribution in [1.82, 2.24) is 30.0 Å². The summed E-state index contributed by atoms with van der Waals surface area (Å²) < 4.78 is 43.9. The maximum Gasteiger partial charge on any atom is 0.573 e. The van der Waals surface area contributed by atoms with Gasteiger partial charge in [0.15, 0.2) is 0 Å². The summed E-state index contributed by atoms with van der Waals surface area (Å²) in [6.07, 6.45) is 1.28. The van der Waals surface area contributed by atoms with Crippen molar-refractivity contribution in [2.24, 2.45) is 0 Å². The summed E-state index contributed by atoms with van der Waals surface area (Å²) in [6.45, 7) is 0. The fourth-order valence-corrected chi connectivity index (χ4v) is 4.07. The number of thioether (sulfide) groups is 1. The highest BCUT2D eigenvalue weighted by Gasteiger charge is 2.31. The van der Waals surface area contributed by atoms with Crippen molar-refractivity contribution in [2.75, 3.05) is 11.1 Å². The first-order valence-corrected chi connectivity index (χ1v) is 10.5. The molecule has 2 heterocycles. The number of aromatic nitrogens is 6. The Balaban J connectivity index is 1.37. The van der Waals surface area contributed by atoms with Crippen LogP contribution in [0.15, 0.2) is 41.7 Å². The molecule has 0 spiro atoms. The molecule has 0 bridgehead atoms. The molecule has 4 rings (SSSR count). The van der Waals surface area contributed by atoms with Crippen LogP contribution < -0.4 is 10.1 Å². The minimum atomic E-state index is -4.77. The highest BCUT2D eigenvalue weighted by atomic mass is 32.2. The predicted molar refractivity (Wildman–Crippen MR) is 105 cm³/mol. The lowest BCUT2D eigenvalue weighted by Gasteiger charge is -2.14. The van der Waals surface area contributed by atoms with Gasteiger partial charge < -0.3 is 10.1 Å².